The van der Waals surface area contributed by atoms with Crippen LogP contribution in [0.15, 0.2) is 36.4 Å². The molecule has 0 aliphatic carbocycles. The molecule has 0 saturated heterocycles. The molecule has 2 rings (SSSR count). The van der Waals surface area contributed by atoms with Crippen molar-refractivity contribution in [2.45, 2.75) is 45.5 Å². The highest BCUT2D eigenvalue weighted by Crippen LogP contribution is 2.37. The van der Waals surface area contributed by atoms with E-state index in [1.54, 1.807) is 6.07 Å². The first kappa shape index (κ1) is 32.0. The number of carbonyl (C=O) groups is 2. The number of carbonyl (C=O) groups excluding carboxylic acids is 2. The summed E-state index contributed by atoms with van der Waals surface area (Å²) in [5.74, 6) is -1.31. The number of nitrogens with zero attached hydrogens (tertiary/aromatic N) is 2. The van der Waals surface area contributed by atoms with Gasteiger partial charge in [-0.3, -0.25) is 13.9 Å². The zero-order chi connectivity index (χ0) is 28.8. The molecule has 38 heavy (non-hydrogen) atoms. The number of rotatable bonds is 11. The van der Waals surface area contributed by atoms with Crippen molar-refractivity contribution in [3.05, 3.63) is 62.6 Å². The van der Waals surface area contributed by atoms with Crippen LogP contribution in [0.1, 0.15) is 37.8 Å². The Kier molecular flexibility index (Phi) is 11.1. The molecular formula is C24H27Cl3F3N3O4S. The van der Waals surface area contributed by atoms with Crippen LogP contribution < -0.4 is 9.62 Å². The summed E-state index contributed by atoms with van der Waals surface area (Å²) in [5, 5.41) is 2.57. The third kappa shape index (κ3) is 8.65. The Labute approximate surface area is 234 Å². The molecule has 0 spiro atoms. The summed E-state index contributed by atoms with van der Waals surface area (Å²) < 4.78 is 65.9. The fraction of sp³-hybridized carbons (Fsp3) is 0.417. The van der Waals surface area contributed by atoms with Crippen molar-refractivity contribution in [1.82, 2.24) is 10.2 Å². The molecule has 1 atom stereocenters. The Balaban J connectivity index is 2.46. The van der Waals surface area contributed by atoms with Gasteiger partial charge in [-0.15, -0.1) is 0 Å². The molecule has 14 heteroatoms. The van der Waals surface area contributed by atoms with E-state index in [1.807, 2.05) is 6.92 Å². The van der Waals surface area contributed by atoms with Gasteiger partial charge in [-0.25, -0.2) is 8.42 Å². The molecule has 0 aliphatic heterocycles. The minimum Gasteiger partial charge on any atom is -0.354 e. The van der Waals surface area contributed by atoms with Crippen LogP contribution in [0.3, 0.4) is 0 Å². The van der Waals surface area contributed by atoms with E-state index in [2.05, 4.69) is 5.32 Å². The minimum atomic E-state index is -4.86. The Morgan fingerprint density at radius 2 is 1.66 bits per heavy atom. The van der Waals surface area contributed by atoms with Crippen molar-refractivity contribution in [3.8, 4) is 0 Å². The fourth-order valence-corrected chi connectivity index (χ4v) is 4.84. The molecule has 7 nitrogen and oxygen atoms in total. The SMILES string of the molecule is CCCCNC(=O)[C@H](C)N(Cc1ccc(Cl)c(Cl)c1)C(=O)CN(c1ccc(Cl)c(C(F)(F)F)c1)S(C)(=O)=O. The van der Waals surface area contributed by atoms with Gasteiger partial charge in [0, 0.05) is 13.1 Å². The van der Waals surface area contributed by atoms with Gasteiger partial charge in [-0.2, -0.15) is 13.2 Å². The predicted molar refractivity (Wildman–Crippen MR) is 143 cm³/mol. The lowest BCUT2D eigenvalue weighted by Crippen LogP contribution is -2.51. The zero-order valence-electron chi connectivity index (χ0n) is 20.8. The molecule has 2 amide bonds. The number of hydrogen-bond donors (Lipinski definition) is 1. The maximum atomic E-state index is 13.5. The molecule has 0 radical (unpaired) electrons. The van der Waals surface area contributed by atoms with Gasteiger partial charge < -0.3 is 10.2 Å². The highest BCUT2D eigenvalue weighted by atomic mass is 35.5. The van der Waals surface area contributed by atoms with Gasteiger partial charge in [0.1, 0.15) is 12.6 Å². The number of sulfonamides is 1. The van der Waals surface area contributed by atoms with E-state index in [0.717, 1.165) is 29.7 Å². The third-order valence-corrected chi connectivity index (χ3v) is 7.77. The number of alkyl halides is 3. The van der Waals surface area contributed by atoms with E-state index >= 15 is 0 Å². The van der Waals surface area contributed by atoms with Crippen LogP contribution in [-0.2, 0) is 32.3 Å². The Morgan fingerprint density at radius 3 is 2.21 bits per heavy atom. The largest absolute Gasteiger partial charge is 0.417 e. The lowest BCUT2D eigenvalue weighted by molar-refractivity contribution is -0.139. The molecule has 1 N–H and O–H groups in total. The Hall–Kier alpha value is -2.21. The molecule has 0 heterocycles. The normalized spacial score (nSPS) is 12.7. The lowest BCUT2D eigenvalue weighted by atomic mass is 10.1. The zero-order valence-corrected chi connectivity index (χ0v) is 23.9. The summed E-state index contributed by atoms with van der Waals surface area (Å²) in [4.78, 5) is 27.4. The van der Waals surface area contributed by atoms with E-state index in [4.69, 9.17) is 34.8 Å². The molecule has 210 valence electrons. The first-order valence-electron chi connectivity index (χ1n) is 11.4. The monoisotopic (exact) mass is 615 g/mol. The molecule has 0 aliphatic rings. The van der Waals surface area contributed by atoms with Gasteiger partial charge in [-0.05, 0) is 49.2 Å². The summed E-state index contributed by atoms with van der Waals surface area (Å²) >= 11 is 17.7. The number of amides is 2. The Bertz CT molecular complexity index is 1280. The van der Waals surface area contributed by atoms with Crippen LogP contribution in [0, 0.1) is 0 Å². The number of benzene rings is 2. The molecule has 0 saturated carbocycles. The predicted octanol–water partition coefficient (Wildman–Crippen LogP) is 5.77. The maximum Gasteiger partial charge on any atom is 0.417 e. The Morgan fingerprint density at radius 1 is 1.03 bits per heavy atom. The highest BCUT2D eigenvalue weighted by molar-refractivity contribution is 7.92. The molecular weight excluding hydrogens is 590 g/mol. The van der Waals surface area contributed by atoms with Crippen LogP contribution >= 0.6 is 34.8 Å². The standard InChI is InChI=1S/C24H27Cl3F3N3O4S/c1-4-5-10-31-23(35)15(2)32(13-16-6-8-20(26)21(27)11-16)22(34)14-33(38(3,36)37)17-7-9-19(25)18(12-17)24(28,29)30/h6-9,11-12,15H,4-5,10,13-14H2,1-3H3,(H,31,35)/t15-/m0/s1. The summed E-state index contributed by atoms with van der Waals surface area (Å²) in [6.45, 7) is 2.76. The number of hydrogen-bond acceptors (Lipinski definition) is 4. The van der Waals surface area contributed by atoms with E-state index in [9.17, 15) is 31.2 Å². The van der Waals surface area contributed by atoms with Crippen molar-refractivity contribution in [2.75, 3.05) is 23.7 Å². The molecule has 0 unspecified atom stereocenters. The van der Waals surface area contributed by atoms with E-state index < -0.39 is 56.9 Å². The van der Waals surface area contributed by atoms with E-state index in [0.29, 0.717) is 28.9 Å². The average Bonchev–Trinajstić information content (AvgIpc) is 2.81. The molecule has 2 aromatic carbocycles. The van der Waals surface area contributed by atoms with Crippen molar-refractivity contribution >= 4 is 62.3 Å². The van der Waals surface area contributed by atoms with Crippen molar-refractivity contribution in [2.24, 2.45) is 0 Å². The second-order valence-electron chi connectivity index (χ2n) is 8.52. The van der Waals surface area contributed by atoms with Gasteiger partial charge in [0.05, 0.1) is 32.6 Å². The molecule has 2 aromatic rings. The van der Waals surface area contributed by atoms with E-state index in [-0.39, 0.29) is 16.6 Å². The smallest absolute Gasteiger partial charge is 0.354 e. The summed E-state index contributed by atoms with van der Waals surface area (Å²) in [6.07, 6.45) is -2.57. The quantitative estimate of drug-likeness (QED) is 0.325. The molecule has 0 aromatic heterocycles. The van der Waals surface area contributed by atoms with Crippen LogP contribution in [0.25, 0.3) is 0 Å². The molecule has 0 bridgehead atoms. The number of nitrogens with one attached hydrogen (secondary N) is 1. The van der Waals surface area contributed by atoms with Crippen LogP contribution in [0.2, 0.25) is 15.1 Å². The highest BCUT2D eigenvalue weighted by Gasteiger charge is 2.35. The number of anilines is 1. The molecule has 0 fully saturated rings. The first-order valence-corrected chi connectivity index (χ1v) is 14.4. The average molecular weight is 617 g/mol. The lowest BCUT2D eigenvalue weighted by Gasteiger charge is -2.31. The second-order valence-corrected chi connectivity index (χ2v) is 11.7. The van der Waals surface area contributed by atoms with Gasteiger partial charge in [-0.1, -0.05) is 54.2 Å². The summed E-state index contributed by atoms with van der Waals surface area (Å²) in [5.41, 5.74) is -1.17. The number of unbranched alkanes of at least 4 members (excludes halogenated alkanes) is 1. The van der Waals surface area contributed by atoms with E-state index in [1.165, 1.54) is 19.1 Å². The number of halogens is 6. The van der Waals surface area contributed by atoms with Crippen molar-refractivity contribution in [3.63, 3.8) is 0 Å². The van der Waals surface area contributed by atoms with Crippen LogP contribution in [-0.4, -0.2) is 50.5 Å². The summed E-state index contributed by atoms with van der Waals surface area (Å²) in [7, 11) is -4.23. The maximum absolute atomic E-state index is 13.5. The topological polar surface area (TPSA) is 86.8 Å². The van der Waals surface area contributed by atoms with Crippen LogP contribution in [0.5, 0.6) is 0 Å². The van der Waals surface area contributed by atoms with Gasteiger partial charge in [0.2, 0.25) is 21.8 Å². The van der Waals surface area contributed by atoms with Gasteiger partial charge in [0.25, 0.3) is 0 Å². The van der Waals surface area contributed by atoms with Gasteiger partial charge >= 0.3 is 6.18 Å². The fourth-order valence-electron chi connectivity index (χ4n) is 3.45. The van der Waals surface area contributed by atoms with Crippen molar-refractivity contribution < 1.29 is 31.2 Å². The van der Waals surface area contributed by atoms with Gasteiger partial charge in [0.15, 0.2) is 0 Å². The van der Waals surface area contributed by atoms with Crippen molar-refractivity contribution in [1.29, 1.82) is 0 Å². The minimum absolute atomic E-state index is 0.149. The third-order valence-electron chi connectivity index (χ3n) is 5.56. The van der Waals surface area contributed by atoms with Crippen LogP contribution in [0.4, 0.5) is 18.9 Å². The first-order chi connectivity index (χ1) is 17.6. The second kappa shape index (κ2) is 13.2. The summed E-state index contributed by atoms with van der Waals surface area (Å²) in [6, 6.07) is 6.06.